The summed E-state index contributed by atoms with van der Waals surface area (Å²) in [6.07, 6.45) is 36.4. The summed E-state index contributed by atoms with van der Waals surface area (Å²) in [6.45, 7) is 4.59. The van der Waals surface area contributed by atoms with E-state index in [9.17, 15) is 0 Å². The van der Waals surface area contributed by atoms with E-state index in [4.69, 9.17) is 0 Å². The normalized spacial score (nSPS) is 11.6. The summed E-state index contributed by atoms with van der Waals surface area (Å²) in [4.78, 5) is 0. The van der Waals surface area contributed by atoms with Gasteiger partial charge in [0.05, 0.1) is 0 Å². The Morgan fingerprint density at radius 2 is 0.538 bits per heavy atom. The number of hydrogen-bond donors (Lipinski definition) is 0. The van der Waals surface area contributed by atoms with Crippen molar-refractivity contribution < 1.29 is 0 Å². The summed E-state index contributed by atoms with van der Waals surface area (Å²) in [7, 11) is 0. The third kappa shape index (κ3) is 23.7. The molecular weight excluding hydrogens is 312 g/mol. The van der Waals surface area contributed by atoms with E-state index in [1.165, 1.54) is 141 Å². The van der Waals surface area contributed by atoms with Crippen LogP contribution in [0.2, 0.25) is 0 Å². The molecule has 0 heteroatoms. The molecule has 0 aromatic heterocycles. The average molecular weight is 365 g/mol. The van der Waals surface area contributed by atoms with Crippen LogP contribution in [0.4, 0.5) is 0 Å². The van der Waals surface area contributed by atoms with Gasteiger partial charge in [-0.3, -0.25) is 0 Å². The summed E-state index contributed by atoms with van der Waals surface area (Å²) in [5.74, 6) is 0. The largest absolute Gasteiger partial charge is 0.0885 e. The van der Waals surface area contributed by atoms with Crippen LogP contribution in [0.3, 0.4) is 0 Å². The fourth-order valence-corrected chi connectivity index (χ4v) is 3.73. The molecule has 0 aromatic rings. The van der Waals surface area contributed by atoms with Gasteiger partial charge in [-0.25, -0.2) is 0 Å². The number of allylic oxidation sites excluding steroid dienone is 2. The van der Waals surface area contributed by atoms with Gasteiger partial charge in [0.1, 0.15) is 0 Å². The van der Waals surface area contributed by atoms with Crippen LogP contribution in [0.25, 0.3) is 0 Å². The first-order valence-corrected chi connectivity index (χ1v) is 12.6. The van der Waals surface area contributed by atoms with Gasteiger partial charge in [0.25, 0.3) is 0 Å². The van der Waals surface area contributed by atoms with E-state index in [2.05, 4.69) is 26.0 Å². The molecule has 0 fully saturated rings. The molecule has 0 aliphatic carbocycles. The number of rotatable bonds is 22. The molecule has 0 saturated carbocycles. The maximum absolute atomic E-state index is 2.43. The summed E-state index contributed by atoms with van der Waals surface area (Å²) < 4.78 is 0. The van der Waals surface area contributed by atoms with Gasteiger partial charge >= 0.3 is 0 Å². The zero-order valence-electron chi connectivity index (χ0n) is 18.7. The highest BCUT2D eigenvalue weighted by atomic mass is 14.0. The van der Waals surface area contributed by atoms with E-state index in [1.807, 2.05) is 0 Å². The van der Waals surface area contributed by atoms with Crippen molar-refractivity contribution in [1.82, 2.24) is 0 Å². The molecule has 156 valence electrons. The lowest BCUT2D eigenvalue weighted by molar-refractivity contribution is 0.530. The summed E-state index contributed by atoms with van der Waals surface area (Å²) in [5, 5.41) is 0. The van der Waals surface area contributed by atoms with Gasteiger partial charge in [0.15, 0.2) is 0 Å². The molecule has 0 amide bonds. The second-order valence-corrected chi connectivity index (χ2v) is 8.41. The Labute approximate surface area is 167 Å². The standard InChI is InChI=1S/C26H52/c1-3-5-7-9-11-13-15-17-19-21-23-25-26-24-22-20-18-16-14-12-10-8-6-4-2/h13,15H,3-12,14,16-26H2,1-2H3/b15-13-. The second kappa shape index (κ2) is 24.7. The minimum atomic E-state index is 1.30. The molecule has 0 unspecified atom stereocenters. The van der Waals surface area contributed by atoms with Crippen LogP contribution in [0.5, 0.6) is 0 Å². The van der Waals surface area contributed by atoms with E-state index in [-0.39, 0.29) is 0 Å². The quantitative estimate of drug-likeness (QED) is 0.132. The molecule has 0 radical (unpaired) electrons. The van der Waals surface area contributed by atoms with Crippen molar-refractivity contribution in [1.29, 1.82) is 0 Å². The predicted octanol–water partition coefficient (Wildman–Crippen LogP) is 10.2. The van der Waals surface area contributed by atoms with Crippen molar-refractivity contribution >= 4 is 0 Å². The number of hydrogen-bond acceptors (Lipinski definition) is 0. The van der Waals surface area contributed by atoms with Crippen LogP contribution >= 0.6 is 0 Å². The molecule has 0 saturated heterocycles. The molecule has 0 aliphatic heterocycles. The van der Waals surface area contributed by atoms with Gasteiger partial charge in [-0.15, -0.1) is 0 Å². The highest BCUT2D eigenvalue weighted by Gasteiger charge is 1.94. The van der Waals surface area contributed by atoms with Crippen molar-refractivity contribution in [3.8, 4) is 0 Å². The fraction of sp³-hybridized carbons (Fsp3) is 0.923. The molecule has 0 aromatic carbocycles. The van der Waals surface area contributed by atoms with Crippen LogP contribution in [0, 0.1) is 0 Å². The molecule has 0 rings (SSSR count). The first-order valence-electron chi connectivity index (χ1n) is 12.6. The molecule has 0 heterocycles. The minimum absolute atomic E-state index is 1.30. The summed E-state index contributed by atoms with van der Waals surface area (Å²) >= 11 is 0. The van der Waals surface area contributed by atoms with E-state index in [1.54, 1.807) is 0 Å². The van der Waals surface area contributed by atoms with Crippen molar-refractivity contribution in [3.05, 3.63) is 12.2 Å². The summed E-state index contributed by atoms with van der Waals surface area (Å²) in [6, 6.07) is 0. The Kier molecular flexibility index (Phi) is 24.5. The smallest absolute Gasteiger partial charge is 0.0351 e. The molecule has 26 heavy (non-hydrogen) atoms. The lowest BCUT2D eigenvalue weighted by Gasteiger charge is -2.03. The Morgan fingerprint density at radius 3 is 0.846 bits per heavy atom. The number of unbranched alkanes of at least 4 members (excludes halogenated alkanes) is 20. The molecule has 0 nitrogen and oxygen atoms in total. The fourth-order valence-electron chi connectivity index (χ4n) is 3.73. The highest BCUT2D eigenvalue weighted by molar-refractivity contribution is 4.81. The SMILES string of the molecule is CCCCCC/C=C\CCCCCCCCCCCCCCCCCC. The molecule has 0 aliphatic rings. The molecule has 0 bridgehead atoms. The molecule has 0 atom stereocenters. The summed E-state index contributed by atoms with van der Waals surface area (Å²) in [5.41, 5.74) is 0. The van der Waals surface area contributed by atoms with Crippen LogP contribution in [-0.4, -0.2) is 0 Å². The Hall–Kier alpha value is -0.260. The van der Waals surface area contributed by atoms with Crippen molar-refractivity contribution in [2.75, 3.05) is 0 Å². The Balaban J connectivity index is 3.01. The van der Waals surface area contributed by atoms with E-state index < -0.39 is 0 Å². The van der Waals surface area contributed by atoms with Gasteiger partial charge in [0.2, 0.25) is 0 Å². The molecule has 0 N–H and O–H groups in total. The first-order chi connectivity index (χ1) is 12.9. The Bertz CT molecular complexity index is 253. The van der Waals surface area contributed by atoms with E-state index in [0.717, 1.165) is 0 Å². The lowest BCUT2D eigenvalue weighted by Crippen LogP contribution is -1.83. The first kappa shape index (κ1) is 25.7. The average Bonchev–Trinajstić information content (AvgIpc) is 2.66. The van der Waals surface area contributed by atoms with E-state index in [0.29, 0.717) is 0 Å². The third-order valence-electron chi connectivity index (χ3n) is 5.62. The van der Waals surface area contributed by atoms with Crippen molar-refractivity contribution in [2.45, 2.75) is 155 Å². The maximum Gasteiger partial charge on any atom is -0.0351 e. The zero-order chi connectivity index (χ0) is 19.0. The van der Waals surface area contributed by atoms with Crippen molar-refractivity contribution in [2.24, 2.45) is 0 Å². The topological polar surface area (TPSA) is 0 Å². The third-order valence-corrected chi connectivity index (χ3v) is 5.62. The molecular formula is C26H52. The lowest BCUT2D eigenvalue weighted by atomic mass is 10.0. The Morgan fingerprint density at radius 1 is 0.308 bits per heavy atom. The van der Waals surface area contributed by atoms with Crippen LogP contribution < -0.4 is 0 Å². The van der Waals surface area contributed by atoms with Gasteiger partial charge in [-0.2, -0.15) is 0 Å². The highest BCUT2D eigenvalue weighted by Crippen LogP contribution is 2.14. The van der Waals surface area contributed by atoms with Crippen LogP contribution in [0.1, 0.15) is 155 Å². The maximum atomic E-state index is 2.43. The van der Waals surface area contributed by atoms with Gasteiger partial charge < -0.3 is 0 Å². The van der Waals surface area contributed by atoms with Gasteiger partial charge in [-0.05, 0) is 25.7 Å². The van der Waals surface area contributed by atoms with Gasteiger partial charge in [-0.1, -0.05) is 142 Å². The molecule has 0 spiro atoms. The van der Waals surface area contributed by atoms with Crippen LogP contribution in [0.15, 0.2) is 12.2 Å². The minimum Gasteiger partial charge on any atom is -0.0885 e. The van der Waals surface area contributed by atoms with Gasteiger partial charge in [0, 0.05) is 0 Å². The van der Waals surface area contributed by atoms with Crippen molar-refractivity contribution in [3.63, 3.8) is 0 Å². The monoisotopic (exact) mass is 364 g/mol. The second-order valence-electron chi connectivity index (χ2n) is 8.41. The predicted molar refractivity (Wildman–Crippen MR) is 122 cm³/mol. The van der Waals surface area contributed by atoms with E-state index >= 15 is 0 Å². The zero-order valence-corrected chi connectivity index (χ0v) is 18.7. The van der Waals surface area contributed by atoms with Crippen LogP contribution in [-0.2, 0) is 0 Å².